The molecule has 0 atom stereocenters. The Morgan fingerprint density at radius 3 is 2.03 bits per heavy atom. The lowest BCUT2D eigenvalue weighted by atomic mass is 10.1. The number of sulfonamides is 1. The number of para-hydroxylation sites is 1. The Kier molecular flexibility index (Phi) is 6.42. The average Bonchev–Trinajstić information content (AvgIpc) is 2.91. The molecule has 184 valence electrons. The molecule has 0 spiro atoms. The van der Waals surface area contributed by atoms with Crippen LogP contribution in [0, 0.1) is 11.6 Å². The van der Waals surface area contributed by atoms with Gasteiger partial charge in [0.2, 0.25) is 0 Å². The van der Waals surface area contributed by atoms with Gasteiger partial charge in [-0.3, -0.25) is 14.4 Å². The van der Waals surface area contributed by atoms with E-state index in [-0.39, 0.29) is 11.6 Å². The monoisotopic (exact) mass is 514 g/mol. The molecule has 5 rings (SSSR count). The minimum absolute atomic E-state index is 0.165. The minimum atomic E-state index is -4.16. The van der Waals surface area contributed by atoms with Crippen LogP contribution in [0.5, 0.6) is 0 Å². The average molecular weight is 515 g/mol. The fraction of sp³-hybridized carbons (Fsp3) is 0. The van der Waals surface area contributed by atoms with E-state index in [1.807, 2.05) is 72.8 Å². The fourth-order valence-electron chi connectivity index (χ4n) is 3.94. The van der Waals surface area contributed by atoms with Crippen LogP contribution in [0.1, 0.15) is 10.4 Å². The number of benzene rings is 5. The molecule has 0 heterocycles. The predicted molar refractivity (Wildman–Crippen MR) is 140 cm³/mol. The number of hydrogen-bond acceptors (Lipinski definition) is 3. The van der Waals surface area contributed by atoms with E-state index in [0.717, 1.165) is 22.9 Å². The summed E-state index contributed by atoms with van der Waals surface area (Å²) in [5.74, 6) is -2.72. The summed E-state index contributed by atoms with van der Waals surface area (Å²) >= 11 is 0. The second-order valence-corrected chi connectivity index (χ2v) is 9.95. The van der Waals surface area contributed by atoms with Crippen molar-refractivity contribution in [3.05, 3.63) is 132 Å². The van der Waals surface area contributed by atoms with Gasteiger partial charge in [0.25, 0.3) is 15.9 Å². The summed E-state index contributed by atoms with van der Waals surface area (Å²) in [5, 5.41) is 2.03. The van der Waals surface area contributed by atoms with Crippen molar-refractivity contribution in [2.45, 2.75) is 4.90 Å². The lowest BCUT2D eigenvalue weighted by Crippen LogP contribution is -2.26. The van der Waals surface area contributed by atoms with Crippen LogP contribution in [0.3, 0.4) is 0 Å². The molecule has 0 aliphatic heterocycles. The standard InChI is InChI=1S/C29H20F2N2O3S/c30-27-17-16-26(19-28(27)31)37(35,36)32-23-13-10-21(11-14-23)29(34)33(24-8-2-1-3-9-24)25-15-12-20-6-4-5-7-22(20)18-25/h1-19,32H. The van der Waals surface area contributed by atoms with Gasteiger partial charge in [0.05, 0.1) is 4.90 Å². The number of anilines is 3. The number of nitrogens with one attached hydrogen (secondary N) is 1. The molecule has 5 aromatic carbocycles. The number of carbonyl (C=O) groups excluding carboxylic acids is 1. The van der Waals surface area contributed by atoms with Crippen LogP contribution in [0.25, 0.3) is 10.8 Å². The van der Waals surface area contributed by atoms with E-state index in [4.69, 9.17) is 0 Å². The molecule has 0 bridgehead atoms. The largest absolute Gasteiger partial charge is 0.280 e. The van der Waals surface area contributed by atoms with Gasteiger partial charge in [-0.2, -0.15) is 0 Å². The number of amides is 1. The third kappa shape index (κ3) is 5.05. The van der Waals surface area contributed by atoms with E-state index < -0.39 is 26.6 Å². The molecule has 0 fully saturated rings. The molecular formula is C29H20F2N2O3S. The summed E-state index contributed by atoms with van der Waals surface area (Å²) in [5.41, 5.74) is 1.84. The topological polar surface area (TPSA) is 66.5 Å². The van der Waals surface area contributed by atoms with Crippen molar-refractivity contribution in [2.24, 2.45) is 0 Å². The lowest BCUT2D eigenvalue weighted by molar-refractivity contribution is 0.0999. The number of fused-ring (bicyclic) bond motifs is 1. The number of nitrogens with zero attached hydrogens (tertiary/aromatic N) is 1. The molecule has 37 heavy (non-hydrogen) atoms. The summed E-state index contributed by atoms with van der Waals surface area (Å²) in [6, 6.07) is 31.0. The van der Waals surface area contributed by atoms with Crippen molar-refractivity contribution in [3.8, 4) is 0 Å². The van der Waals surface area contributed by atoms with Gasteiger partial charge in [-0.05, 0) is 77.5 Å². The Balaban J connectivity index is 1.45. The third-order valence-electron chi connectivity index (χ3n) is 5.79. The van der Waals surface area contributed by atoms with E-state index in [1.165, 1.54) is 24.3 Å². The maximum Gasteiger partial charge on any atom is 0.262 e. The van der Waals surface area contributed by atoms with E-state index in [9.17, 15) is 22.0 Å². The highest BCUT2D eigenvalue weighted by molar-refractivity contribution is 7.92. The number of carbonyl (C=O) groups is 1. The zero-order valence-corrected chi connectivity index (χ0v) is 20.1. The quantitative estimate of drug-likeness (QED) is 0.268. The van der Waals surface area contributed by atoms with Gasteiger partial charge < -0.3 is 0 Å². The second-order valence-electron chi connectivity index (χ2n) is 8.27. The Labute approximate surface area is 212 Å². The van der Waals surface area contributed by atoms with Gasteiger partial charge in [0.15, 0.2) is 11.6 Å². The molecule has 0 saturated heterocycles. The highest BCUT2D eigenvalue weighted by Crippen LogP contribution is 2.30. The Morgan fingerprint density at radius 2 is 1.32 bits per heavy atom. The second kappa shape index (κ2) is 9.83. The molecule has 8 heteroatoms. The molecule has 5 aromatic rings. The number of rotatable bonds is 6. The van der Waals surface area contributed by atoms with E-state index in [2.05, 4.69) is 4.72 Å². The van der Waals surface area contributed by atoms with Crippen LogP contribution in [0.15, 0.2) is 120 Å². The van der Waals surface area contributed by atoms with Crippen LogP contribution in [-0.4, -0.2) is 14.3 Å². The predicted octanol–water partition coefficient (Wildman–Crippen LogP) is 6.90. The van der Waals surface area contributed by atoms with Crippen molar-refractivity contribution in [2.75, 3.05) is 9.62 Å². The van der Waals surface area contributed by atoms with Gasteiger partial charge in [-0.25, -0.2) is 17.2 Å². The molecular weight excluding hydrogens is 494 g/mol. The molecule has 0 aliphatic rings. The first-order chi connectivity index (χ1) is 17.8. The van der Waals surface area contributed by atoms with Crippen molar-refractivity contribution in [1.29, 1.82) is 0 Å². The smallest absolute Gasteiger partial charge is 0.262 e. The van der Waals surface area contributed by atoms with E-state index in [0.29, 0.717) is 23.0 Å². The van der Waals surface area contributed by atoms with Crippen LogP contribution < -0.4 is 9.62 Å². The fourth-order valence-corrected chi connectivity index (χ4v) is 5.01. The van der Waals surface area contributed by atoms with E-state index >= 15 is 0 Å². The van der Waals surface area contributed by atoms with Crippen LogP contribution in [0.2, 0.25) is 0 Å². The molecule has 0 unspecified atom stereocenters. The third-order valence-corrected chi connectivity index (χ3v) is 7.17. The molecule has 1 N–H and O–H groups in total. The van der Waals surface area contributed by atoms with Crippen molar-refractivity contribution < 1.29 is 22.0 Å². The van der Waals surface area contributed by atoms with Crippen molar-refractivity contribution in [3.63, 3.8) is 0 Å². The molecule has 5 nitrogen and oxygen atoms in total. The molecule has 0 saturated carbocycles. The Morgan fingerprint density at radius 1 is 0.649 bits per heavy atom. The van der Waals surface area contributed by atoms with Gasteiger partial charge in [0, 0.05) is 22.6 Å². The van der Waals surface area contributed by atoms with Crippen LogP contribution >= 0.6 is 0 Å². The molecule has 0 radical (unpaired) electrons. The Bertz CT molecular complexity index is 1710. The zero-order chi connectivity index (χ0) is 26.0. The van der Waals surface area contributed by atoms with E-state index in [1.54, 1.807) is 4.90 Å². The summed E-state index contributed by atoms with van der Waals surface area (Å²) < 4.78 is 54.2. The lowest BCUT2D eigenvalue weighted by Gasteiger charge is -2.24. The van der Waals surface area contributed by atoms with Gasteiger partial charge in [0.1, 0.15) is 0 Å². The first-order valence-corrected chi connectivity index (χ1v) is 12.8. The summed E-state index contributed by atoms with van der Waals surface area (Å²) in [6.45, 7) is 0. The normalized spacial score (nSPS) is 11.3. The minimum Gasteiger partial charge on any atom is -0.280 e. The van der Waals surface area contributed by atoms with Crippen LogP contribution in [-0.2, 0) is 10.0 Å². The highest BCUT2D eigenvalue weighted by Gasteiger charge is 2.21. The SMILES string of the molecule is O=C(c1ccc(NS(=O)(=O)c2ccc(F)c(F)c2)cc1)N(c1ccccc1)c1ccc2ccccc2c1. The molecule has 1 amide bonds. The maximum absolute atomic E-state index is 13.7. The molecule has 0 aromatic heterocycles. The van der Waals surface area contributed by atoms with Crippen molar-refractivity contribution in [1.82, 2.24) is 0 Å². The maximum atomic E-state index is 13.7. The first kappa shape index (κ1) is 24.1. The summed E-state index contributed by atoms with van der Waals surface area (Å²) in [6.07, 6.45) is 0. The summed E-state index contributed by atoms with van der Waals surface area (Å²) in [7, 11) is -4.16. The number of hydrogen-bond donors (Lipinski definition) is 1. The van der Waals surface area contributed by atoms with Crippen molar-refractivity contribution >= 4 is 43.8 Å². The highest BCUT2D eigenvalue weighted by atomic mass is 32.2. The van der Waals surface area contributed by atoms with Gasteiger partial charge in [-0.15, -0.1) is 0 Å². The number of halogens is 2. The summed E-state index contributed by atoms with van der Waals surface area (Å²) in [4.78, 5) is 14.9. The zero-order valence-electron chi connectivity index (χ0n) is 19.3. The van der Waals surface area contributed by atoms with Crippen LogP contribution in [0.4, 0.5) is 25.8 Å². The van der Waals surface area contributed by atoms with Gasteiger partial charge >= 0.3 is 0 Å². The Hall–Kier alpha value is -4.56. The first-order valence-electron chi connectivity index (χ1n) is 11.3. The molecule has 0 aliphatic carbocycles. The van der Waals surface area contributed by atoms with Gasteiger partial charge in [-0.1, -0.05) is 48.5 Å².